The Kier molecular flexibility index (Phi) is 14.8. The molecule has 0 unspecified atom stereocenters. The van der Waals surface area contributed by atoms with Crippen molar-refractivity contribution in [2.75, 3.05) is 26.4 Å². The van der Waals surface area contributed by atoms with Crippen LogP contribution in [-0.4, -0.2) is 50.8 Å². The van der Waals surface area contributed by atoms with E-state index in [0.29, 0.717) is 45.1 Å². The Hall–Kier alpha value is -0.0562. The van der Waals surface area contributed by atoms with Crippen LogP contribution in [0.2, 0.25) is 10.1 Å². The maximum atomic E-state index is 12.4. The van der Waals surface area contributed by atoms with Gasteiger partial charge in [-0.15, -0.1) is 0 Å². The highest BCUT2D eigenvalue weighted by molar-refractivity contribution is 6.48. The predicted octanol–water partition coefficient (Wildman–Crippen LogP) is 5.04. The molecule has 5 nitrogen and oxygen atoms in total. The van der Waals surface area contributed by atoms with Crippen molar-refractivity contribution in [1.29, 1.82) is 0 Å². The Morgan fingerprint density at radius 2 is 0.929 bits per heavy atom. The highest BCUT2D eigenvalue weighted by Gasteiger charge is 2.35. The van der Waals surface area contributed by atoms with E-state index in [1.807, 2.05) is 27.7 Å². The molecule has 0 fully saturated rings. The molecule has 0 aromatic heterocycles. The summed E-state index contributed by atoms with van der Waals surface area (Å²) in [5, 5.41) is 0.0875. The Labute approximate surface area is 177 Å². The Bertz CT molecular complexity index is 368. The van der Waals surface area contributed by atoms with Crippen LogP contribution in [0.3, 0.4) is 0 Å². The highest BCUT2D eigenvalue weighted by Crippen LogP contribution is 2.37. The van der Waals surface area contributed by atoms with Crippen LogP contribution in [-0.2, 0) is 22.5 Å². The monoisotopic (exact) mass is 434 g/mol. The van der Waals surface area contributed by atoms with Gasteiger partial charge in [-0.3, -0.25) is 4.79 Å². The number of hydrogen-bond donors (Lipinski definition) is 0. The van der Waals surface area contributed by atoms with E-state index >= 15 is 0 Å². The van der Waals surface area contributed by atoms with Crippen molar-refractivity contribution in [2.24, 2.45) is 0 Å². The van der Waals surface area contributed by atoms with Crippen molar-refractivity contribution in [3.05, 3.63) is 0 Å². The van der Waals surface area contributed by atoms with Crippen molar-refractivity contribution in [3.8, 4) is 0 Å². The van der Waals surface area contributed by atoms with E-state index in [-0.39, 0.29) is 10.1 Å². The standard InChI is InChI=1S/C21H46O5Si2/c1-9-23-27(24-10-2)20(5,6)17-13-15-19(22)16-14-18-21(7,8)28(25-11-3)26-12-4/h27-28H,9-18H2,1-8H3. The zero-order valence-electron chi connectivity index (χ0n) is 19.8. The summed E-state index contributed by atoms with van der Waals surface area (Å²) in [6, 6.07) is 0. The first-order valence-corrected chi connectivity index (χ1v) is 14.2. The fraction of sp³-hybridized carbons (Fsp3) is 0.952. The first-order valence-electron chi connectivity index (χ1n) is 11.1. The molecule has 0 bridgehead atoms. The third-order valence-electron chi connectivity index (χ3n) is 5.10. The Balaban J connectivity index is 4.31. The topological polar surface area (TPSA) is 54.0 Å². The first kappa shape index (κ1) is 27.9. The first-order chi connectivity index (χ1) is 13.1. The van der Waals surface area contributed by atoms with E-state index < -0.39 is 18.6 Å². The molecule has 0 amide bonds. The minimum absolute atomic E-state index is 0.0437. The second-order valence-electron chi connectivity index (χ2n) is 8.71. The summed E-state index contributed by atoms with van der Waals surface area (Å²) in [5.74, 6) is 0.365. The van der Waals surface area contributed by atoms with Crippen LogP contribution in [0.4, 0.5) is 0 Å². The van der Waals surface area contributed by atoms with E-state index in [9.17, 15) is 4.79 Å². The van der Waals surface area contributed by atoms with Gasteiger partial charge in [0.2, 0.25) is 0 Å². The molecule has 0 rings (SSSR count). The summed E-state index contributed by atoms with van der Waals surface area (Å²) in [4.78, 5) is 12.4. The molecule has 168 valence electrons. The van der Waals surface area contributed by atoms with Crippen molar-refractivity contribution in [2.45, 2.75) is 104 Å². The minimum atomic E-state index is -1.71. The van der Waals surface area contributed by atoms with Crippen LogP contribution in [0.15, 0.2) is 0 Å². The van der Waals surface area contributed by atoms with Crippen LogP contribution in [0.1, 0.15) is 93.9 Å². The number of carbonyl (C=O) groups is 1. The molecule has 7 heteroatoms. The van der Waals surface area contributed by atoms with Gasteiger partial charge in [0.15, 0.2) is 0 Å². The Morgan fingerprint density at radius 1 is 0.643 bits per heavy atom. The number of ketones is 1. The summed E-state index contributed by atoms with van der Waals surface area (Å²) < 4.78 is 23.5. The van der Waals surface area contributed by atoms with E-state index in [0.717, 1.165) is 25.7 Å². The van der Waals surface area contributed by atoms with Gasteiger partial charge in [0, 0.05) is 49.3 Å². The van der Waals surface area contributed by atoms with Crippen LogP contribution in [0, 0.1) is 0 Å². The summed E-state index contributed by atoms with van der Waals surface area (Å²) in [5.41, 5.74) is 0. The van der Waals surface area contributed by atoms with Crippen molar-refractivity contribution >= 4 is 24.4 Å². The van der Waals surface area contributed by atoms with Crippen LogP contribution >= 0.6 is 0 Å². The van der Waals surface area contributed by atoms with Crippen molar-refractivity contribution in [3.63, 3.8) is 0 Å². The van der Waals surface area contributed by atoms with E-state index in [1.54, 1.807) is 0 Å². The molecule has 0 spiro atoms. The minimum Gasteiger partial charge on any atom is -0.397 e. The predicted molar refractivity (Wildman–Crippen MR) is 122 cm³/mol. The molecular weight excluding hydrogens is 388 g/mol. The molecule has 0 aromatic rings. The zero-order valence-corrected chi connectivity index (χ0v) is 22.1. The third kappa shape index (κ3) is 11.2. The van der Waals surface area contributed by atoms with Crippen LogP contribution in [0.5, 0.6) is 0 Å². The number of carbonyl (C=O) groups excluding carboxylic acids is 1. The SMILES string of the molecule is CCO[SiH](OCC)C(C)(C)CCCC(=O)CCCC(C)(C)[SiH](OCC)OCC. The van der Waals surface area contributed by atoms with Gasteiger partial charge in [0.05, 0.1) is 0 Å². The summed E-state index contributed by atoms with van der Waals surface area (Å²) >= 11 is 0. The smallest absolute Gasteiger partial charge is 0.327 e. The molecule has 28 heavy (non-hydrogen) atoms. The average molecular weight is 435 g/mol. The van der Waals surface area contributed by atoms with Gasteiger partial charge in [-0.05, 0) is 53.4 Å². The Morgan fingerprint density at radius 3 is 1.18 bits per heavy atom. The van der Waals surface area contributed by atoms with Gasteiger partial charge in [-0.2, -0.15) is 0 Å². The van der Waals surface area contributed by atoms with Crippen LogP contribution < -0.4 is 0 Å². The molecule has 0 aliphatic heterocycles. The summed E-state index contributed by atoms with van der Waals surface area (Å²) in [7, 11) is -3.42. The van der Waals surface area contributed by atoms with E-state index in [2.05, 4.69) is 27.7 Å². The molecule has 0 atom stereocenters. The van der Waals surface area contributed by atoms with Gasteiger partial charge in [-0.25, -0.2) is 0 Å². The fourth-order valence-electron chi connectivity index (χ4n) is 3.45. The average Bonchev–Trinajstić information content (AvgIpc) is 2.61. The highest BCUT2D eigenvalue weighted by atomic mass is 28.3. The largest absolute Gasteiger partial charge is 0.397 e. The normalized spacial score (nSPS) is 12.9. The summed E-state index contributed by atoms with van der Waals surface area (Å²) in [6.07, 6.45) is 5.08. The van der Waals surface area contributed by atoms with E-state index in [4.69, 9.17) is 17.7 Å². The molecule has 0 heterocycles. The molecule has 0 N–H and O–H groups in total. The summed E-state index contributed by atoms with van der Waals surface area (Å²) in [6.45, 7) is 19.7. The second-order valence-corrected chi connectivity index (χ2v) is 14.5. The molecule has 0 aliphatic rings. The van der Waals surface area contributed by atoms with E-state index in [1.165, 1.54) is 0 Å². The fourth-order valence-corrected chi connectivity index (χ4v) is 7.53. The van der Waals surface area contributed by atoms with Gasteiger partial charge < -0.3 is 17.7 Å². The van der Waals surface area contributed by atoms with Gasteiger partial charge >= 0.3 is 18.6 Å². The second kappa shape index (κ2) is 14.9. The number of Topliss-reactive ketones (excluding diaryl/α,β-unsaturated/α-hetero) is 1. The van der Waals surface area contributed by atoms with Gasteiger partial charge in [0.1, 0.15) is 5.78 Å². The lowest BCUT2D eigenvalue weighted by Crippen LogP contribution is -2.35. The van der Waals surface area contributed by atoms with Gasteiger partial charge in [0.25, 0.3) is 0 Å². The quantitative estimate of drug-likeness (QED) is 0.283. The third-order valence-corrected chi connectivity index (χ3v) is 10.8. The lowest BCUT2D eigenvalue weighted by Gasteiger charge is -2.32. The number of rotatable bonds is 18. The van der Waals surface area contributed by atoms with Crippen molar-refractivity contribution < 1.29 is 22.5 Å². The molecule has 0 saturated heterocycles. The van der Waals surface area contributed by atoms with Crippen LogP contribution in [0.25, 0.3) is 0 Å². The number of hydrogen-bond acceptors (Lipinski definition) is 5. The molecule has 0 aromatic carbocycles. The maximum absolute atomic E-state index is 12.4. The maximum Gasteiger partial charge on any atom is 0.327 e. The van der Waals surface area contributed by atoms with Gasteiger partial charge in [-0.1, -0.05) is 27.7 Å². The lowest BCUT2D eigenvalue weighted by molar-refractivity contribution is -0.119. The molecule has 0 radical (unpaired) electrons. The lowest BCUT2D eigenvalue weighted by atomic mass is 9.99. The zero-order chi connectivity index (χ0) is 21.6. The molecule has 0 aliphatic carbocycles. The van der Waals surface area contributed by atoms with Crippen molar-refractivity contribution in [1.82, 2.24) is 0 Å². The molecular formula is C21H46O5Si2. The molecule has 0 saturated carbocycles.